The van der Waals surface area contributed by atoms with Crippen LogP contribution in [-0.2, 0) is 20.9 Å². The van der Waals surface area contributed by atoms with E-state index in [1.807, 2.05) is 48.5 Å². The van der Waals surface area contributed by atoms with E-state index in [0.717, 1.165) is 73.3 Å². The van der Waals surface area contributed by atoms with Crippen molar-refractivity contribution in [2.24, 2.45) is 16.5 Å². The van der Waals surface area contributed by atoms with Gasteiger partial charge in [0.1, 0.15) is 11.9 Å². The molecule has 9 nitrogen and oxygen atoms in total. The van der Waals surface area contributed by atoms with E-state index in [-0.39, 0.29) is 12.0 Å². The van der Waals surface area contributed by atoms with Gasteiger partial charge in [0.2, 0.25) is 5.91 Å². The highest BCUT2D eigenvalue weighted by Crippen LogP contribution is 2.32. The van der Waals surface area contributed by atoms with E-state index in [1.165, 1.54) is 6.42 Å². The van der Waals surface area contributed by atoms with Crippen molar-refractivity contribution in [3.63, 3.8) is 0 Å². The Kier molecular flexibility index (Phi) is 11.4. The third-order valence-corrected chi connectivity index (χ3v) is 6.57. The summed E-state index contributed by atoms with van der Waals surface area (Å²) in [6.07, 6.45) is 11.3. The molecule has 1 aromatic heterocycles. The van der Waals surface area contributed by atoms with Crippen LogP contribution in [0.2, 0.25) is 0 Å². The van der Waals surface area contributed by atoms with E-state index in [9.17, 15) is 9.59 Å². The van der Waals surface area contributed by atoms with Gasteiger partial charge < -0.3 is 26.4 Å². The summed E-state index contributed by atoms with van der Waals surface area (Å²) in [6, 6.07) is 8.01. The molecule has 0 spiro atoms. The van der Waals surface area contributed by atoms with Crippen LogP contribution in [0, 0.1) is 0 Å². The second-order valence-electron chi connectivity index (χ2n) is 9.54. The number of nitrogens with zero attached hydrogens (tertiary/aromatic N) is 3. The highest BCUT2D eigenvalue weighted by molar-refractivity contribution is 6.05. The molecule has 204 valence electrons. The van der Waals surface area contributed by atoms with Crippen molar-refractivity contribution in [3.05, 3.63) is 53.4 Å². The van der Waals surface area contributed by atoms with Crippen LogP contribution in [0.5, 0.6) is 0 Å². The van der Waals surface area contributed by atoms with Crippen molar-refractivity contribution in [2.45, 2.75) is 58.1 Å². The van der Waals surface area contributed by atoms with E-state index in [0.29, 0.717) is 30.8 Å². The van der Waals surface area contributed by atoms with Crippen molar-refractivity contribution in [3.8, 4) is 11.1 Å². The standard InChI is InChI=1S/C24H32N6O.C5H8O2/c1-3-8-30(9-4-7-27-2)24(31)20-11-19-6-5-18(12-22(19)29-23(26)13-20)21-10-17(14-25)15-28-16-21;6-4-7-5-2-1-3-5/h5-6,10-12,15-16,27H,3-4,7-9,13-14,25H2,1-2H3,(H2,26,29);4-5H,1-3H2. The molecule has 9 heteroatoms. The predicted octanol–water partition coefficient (Wildman–Crippen LogP) is 3.54. The highest BCUT2D eigenvalue weighted by atomic mass is 16.5. The number of amides is 1. The first-order valence-corrected chi connectivity index (χ1v) is 13.3. The Morgan fingerprint density at radius 2 is 2.03 bits per heavy atom. The molecule has 1 aromatic carbocycles. The van der Waals surface area contributed by atoms with E-state index in [1.54, 1.807) is 6.20 Å². The minimum absolute atomic E-state index is 0.0351. The number of carbonyl (C=O) groups is 2. The fourth-order valence-corrected chi connectivity index (χ4v) is 4.28. The van der Waals surface area contributed by atoms with Gasteiger partial charge in [0.25, 0.3) is 6.47 Å². The first-order valence-electron chi connectivity index (χ1n) is 13.3. The van der Waals surface area contributed by atoms with Gasteiger partial charge in [0.05, 0.1) is 5.69 Å². The molecule has 1 fully saturated rings. The minimum Gasteiger partial charge on any atom is -0.465 e. The SMILES string of the molecule is CCCN(CCCNC)C(=O)C1=Cc2ccc(-c3cncc(CN)c3)cc2N=C(N)C1.O=COC1CCC1. The molecule has 2 heterocycles. The Bertz CT molecular complexity index is 1140. The number of nitrogens with two attached hydrogens (primary N) is 2. The number of carbonyl (C=O) groups excluding carboxylic acids is 2. The zero-order valence-electron chi connectivity index (χ0n) is 22.5. The minimum atomic E-state index is 0.0351. The van der Waals surface area contributed by atoms with Crippen LogP contribution in [0.25, 0.3) is 17.2 Å². The average Bonchev–Trinajstić information content (AvgIpc) is 3.07. The number of benzene rings is 1. The van der Waals surface area contributed by atoms with E-state index < -0.39 is 0 Å². The lowest BCUT2D eigenvalue weighted by Gasteiger charge is -2.23. The number of rotatable bonds is 11. The summed E-state index contributed by atoms with van der Waals surface area (Å²) in [6.45, 7) is 5.38. The Hall–Kier alpha value is -3.56. The monoisotopic (exact) mass is 520 g/mol. The molecule has 0 unspecified atom stereocenters. The van der Waals surface area contributed by atoms with Crippen molar-refractivity contribution in [1.29, 1.82) is 0 Å². The summed E-state index contributed by atoms with van der Waals surface area (Å²) in [5, 5.41) is 3.14. The van der Waals surface area contributed by atoms with Crippen LogP contribution in [0.1, 0.15) is 56.6 Å². The molecule has 0 atom stereocenters. The molecule has 4 rings (SSSR count). The smallest absolute Gasteiger partial charge is 0.293 e. The van der Waals surface area contributed by atoms with Crippen LogP contribution in [0.4, 0.5) is 5.69 Å². The van der Waals surface area contributed by atoms with Crippen LogP contribution in [0.3, 0.4) is 0 Å². The normalized spacial score (nSPS) is 14.5. The molecule has 1 aliphatic carbocycles. The average molecular weight is 521 g/mol. The zero-order valence-corrected chi connectivity index (χ0v) is 22.5. The fraction of sp³-hybridized carbons (Fsp3) is 0.448. The van der Waals surface area contributed by atoms with Crippen LogP contribution in [-0.4, -0.2) is 60.9 Å². The van der Waals surface area contributed by atoms with Gasteiger partial charge in [-0.1, -0.05) is 19.1 Å². The van der Waals surface area contributed by atoms with Crippen molar-refractivity contribution < 1.29 is 14.3 Å². The summed E-state index contributed by atoms with van der Waals surface area (Å²) in [5.41, 5.74) is 17.2. The molecule has 1 saturated carbocycles. The van der Waals surface area contributed by atoms with Crippen molar-refractivity contribution in [1.82, 2.24) is 15.2 Å². The highest BCUT2D eigenvalue weighted by Gasteiger charge is 2.21. The number of aromatic nitrogens is 1. The number of aliphatic imine (C=N–C) groups is 1. The van der Waals surface area contributed by atoms with Gasteiger partial charge in [-0.3, -0.25) is 14.6 Å². The van der Waals surface area contributed by atoms with E-state index in [4.69, 9.17) is 11.5 Å². The van der Waals surface area contributed by atoms with Gasteiger partial charge >= 0.3 is 0 Å². The van der Waals surface area contributed by atoms with Gasteiger partial charge in [-0.25, -0.2) is 4.99 Å². The molecule has 2 aliphatic rings. The number of hydrogen-bond acceptors (Lipinski definition) is 8. The number of nitrogens with one attached hydrogen (secondary N) is 1. The predicted molar refractivity (Wildman–Crippen MR) is 152 cm³/mol. The molecule has 1 amide bonds. The number of fused-ring (bicyclic) bond motifs is 1. The number of ether oxygens (including phenoxy) is 1. The Balaban J connectivity index is 0.000000494. The zero-order chi connectivity index (χ0) is 27.3. The van der Waals surface area contributed by atoms with Crippen LogP contribution >= 0.6 is 0 Å². The lowest BCUT2D eigenvalue weighted by atomic mass is 9.96. The Morgan fingerprint density at radius 1 is 1.21 bits per heavy atom. The molecule has 38 heavy (non-hydrogen) atoms. The second kappa shape index (κ2) is 15.0. The molecule has 0 bridgehead atoms. The van der Waals surface area contributed by atoms with Gasteiger partial charge in [-0.2, -0.15) is 0 Å². The molecule has 0 saturated heterocycles. The molecule has 2 aromatic rings. The number of hydrogen-bond donors (Lipinski definition) is 3. The largest absolute Gasteiger partial charge is 0.465 e. The Morgan fingerprint density at radius 3 is 2.66 bits per heavy atom. The quantitative estimate of drug-likeness (QED) is 0.304. The summed E-state index contributed by atoms with van der Waals surface area (Å²) < 4.78 is 4.60. The third-order valence-electron chi connectivity index (χ3n) is 6.57. The maximum Gasteiger partial charge on any atom is 0.293 e. The van der Waals surface area contributed by atoms with Crippen LogP contribution in [0.15, 0.2) is 47.2 Å². The lowest BCUT2D eigenvalue weighted by Crippen LogP contribution is -2.35. The molecule has 1 aliphatic heterocycles. The van der Waals surface area contributed by atoms with E-state index >= 15 is 0 Å². The van der Waals surface area contributed by atoms with Crippen molar-refractivity contribution >= 4 is 30.0 Å². The number of pyridine rings is 1. The molecular weight excluding hydrogens is 480 g/mol. The molecular formula is C29H40N6O3. The second-order valence-corrected chi connectivity index (χ2v) is 9.54. The third kappa shape index (κ3) is 8.22. The van der Waals surface area contributed by atoms with Crippen molar-refractivity contribution in [2.75, 3.05) is 26.7 Å². The first-order chi connectivity index (χ1) is 18.5. The Labute approximate surface area is 225 Å². The maximum atomic E-state index is 13.3. The van der Waals surface area contributed by atoms with E-state index in [2.05, 4.69) is 27.0 Å². The van der Waals surface area contributed by atoms with Gasteiger partial charge in [-0.15, -0.1) is 0 Å². The molecule has 0 radical (unpaired) electrons. The molecule has 5 N–H and O–H groups in total. The summed E-state index contributed by atoms with van der Waals surface area (Å²) in [7, 11) is 1.92. The fourth-order valence-electron chi connectivity index (χ4n) is 4.28. The maximum absolute atomic E-state index is 13.3. The van der Waals surface area contributed by atoms with Gasteiger partial charge in [0, 0.05) is 55.1 Å². The van der Waals surface area contributed by atoms with Crippen LogP contribution < -0.4 is 16.8 Å². The summed E-state index contributed by atoms with van der Waals surface area (Å²) in [4.78, 5) is 33.6. The summed E-state index contributed by atoms with van der Waals surface area (Å²) in [5.74, 6) is 0.476. The lowest BCUT2D eigenvalue weighted by molar-refractivity contribution is -0.137. The topological polar surface area (TPSA) is 136 Å². The number of amidine groups is 1. The van der Waals surface area contributed by atoms with Gasteiger partial charge in [-0.05, 0) is 75.0 Å². The van der Waals surface area contributed by atoms with Gasteiger partial charge in [0.15, 0.2) is 0 Å². The first kappa shape index (κ1) is 29.0. The summed E-state index contributed by atoms with van der Waals surface area (Å²) >= 11 is 0.